The summed E-state index contributed by atoms with van der Waals surface area (Å²) < 4.78 is 2.15. The van der Waals surface area contributed by atoms with Crippen LogP contribution >= 0.6 is 0 Å². The molecule has 2 aromatic rings. The molecule has 0 amide bonds. The summed E-state index contributed by atoms with van der Waals surface area (Å²) in [5.74, 6) is 1.18. The van der Waals surface area contributed by atoms with Crippen LogP contribution in [0.5, 0.6) is 0 Å². The van der Waals surface area contributed by atoms with Gasteiger partial charge in [-0.1, -0.05) is 13.0 Å². The second kappa shape index (κ2) is 7.23. The number of rotatable bonds is 5. The van der Waals surface area contributed by atoms with Crippen molar-refractivity contribution in [1.29, 1.82) is 0 Å². The molecule has 124 valence electrons. The molecule has 1 aliphatic heterocycles. The minimum atomic E-state index is 0.422. The van der Waals surface area contributed by atoms with Gasteiger partial charge in [-0.15, -0.1) is 0 Å². The molecule has 1 fully saturated rings. The predicted molar refractivity (Wildman–Crippen MR) is 92.0 cm³/mol. The molecule has 0 bridgehead atoms. The highest BCUT2D eigenvalue weighted by Gasteiger charge is 2.28. The van der Waals surface area contributed by atoms with E-state index >= 15 is 0 Å². The van der Waals surface area contributed by atoms with Crippen molar-refractivity contribution in [2.75, 3.05) is 26.2 Å². The number of nitrogens with zero attached hydrogens (tertiary/aromatic N) is 5. The van der Waals surface area contributed by atoms with Crippen molar-refractivity contribution in [2.45, 2.75) is 32.4 Å². The van der Waals surface area contributed by atoms with E-state index in [2.05, 4.69) is 51.3 Å². The first-order chi connectivity index (χ1) is 11.2. The fourth-order valence-electron chi connectivity index (χ4n) is 3.57. The highest BCUT2D eigenvalue weighted by molar-refractivity contribution is 5.13. The Balaban J connectivity index is 1.63. The lowest BCUT2D eigenvalue weighted by Gasteiger charge is -2.41. The van der Waals surface area contributed by atoms with Crippen LogP contribution in [0.2, 0.25) is 0 Å². The largest absolute Gasteiger partial charge is 0.337 e. The maximum absolute atomic E-state index is 4.56. The summed E-state index contributed by atoms with van der Waals surface area (Å²) in [7, 11) is 2.09. The molecule has 0 unspecified atom stereocenters. The van der Waals surface area contributed by atoms with Crippen LogP contribution in [0.15, 0.2) is 36.9 Å². The second-order valence-electron chi connectivity index (χ2n) is 6.35. The monoisotopic (exact) mass is 313 g/mol. The van der Waals surface area contributed by atoms with Gasteiger partial charge in [-0.05, 0) is 25.0 Å². The number of aromatic nitrogens is 3. The van der Waals surface area contributed by atoms with Crippen LogP contribution < -0.4 is 0 Å². The van der Waals surface area contributed by atoms with Crippen molar-refractivity contribution < 1.29 is 0 Å². The Morgan fingerprint density at radius 3 is 2.43 bits per heavy atom. The number of aryl methyl sites for hydroxylation is 1. The molecule has 2 aromatic heterocycles. The molecular formula is C18H27N5. The zero-order chi connectivity index (χ0) is 16.2. The molecule has 0 N–H and O–H groups in total. The van der Waals surface area contributed by atoms with Crippen LogP contribution in [0.4, 0.5) is 0 Å². The second-order valence-corrected chi connectivity index (χ2v) is 6.35. The Morgan fingerprint density at radius 1 is 1.13 bits per heavy atom. The van der Waals surface area contributed by atoms with Gasteiger partial charge in [0.05, 0.1) is 6.04 Å². The molecule has 0 saturated carbocycles. The van der Waals surface area contributed by atoms with Crippen LogP contribution in [0, 0.1) is 0 Å². The van der Waals surface area contributed by atoms with Crippen molar-refractivity contribution in [3.8, 4) is 0 Å². The van der Waals surface area contributed by atoms with E-state index in [1.165, 1.54) is 11.4 Å². The van der Waals surface area contributed by atoms with Gasteiger partial charge in [0.15, 0.2) is 0 Å². The van der Waals surface area contributed by atoms with Crippen LogP contribution in [-0.4, -0.2) is 50.5 Å². The summed E-state index contributed by atoms with van der Waals surface area (Å²) in [6, 6.07) is 5.05. The summed E-state index contributed by atoms with van der Waals surface area (Å²) in [4.78, 5) is 13.9. The molecule has 5 heteroatoms. The number of hydrogen-bond donors (Lipinski definition) is 0. The Bertz CT molecular complexity index is 601. The minimum Gasteiger partial charge on any atom is -0.337 e. The first kappa shape index (κ1) is 16.1. The first-order valence-corrected chi connectivity index (χ1v) is 8.56. The molecule has 0 aromatic carbocycles. The summed E-state index contributed by atoms with van der Waals surface area (Å²) in [6.07, 6.45) is 8.87. The van der Waals surface area contributed by atoms with E-state index in [0.29, 0.717) is 12.1 Å². The lowest BCUT2D eigenvalue weighted by atomic mass is 10.1. The van der Waals surface area contributed by atoms with Gasteiger partial charge in [-0.25, -0.2) is 4.98 Å². The molecule has 0 aliphatic carbocycles. The van der Waals surface area contributed by atoms with Crippen LogP contribution in [0.25, 0.3) is 0 Å². The van der Waals surface area contributed by atoms with E-state index in [1.54, 1.807) is 0 Å². The van der Waals surface area contributed by atoms with E-state index in [0.717, 1.165) is 32.6 Å². The lowest BCUT2D eigenvalue weighted by Crippen LogP contribution is -2.48. The number of imidazole rings is 1. The maximum atomic E-state index is 4.56. The van der Waals surface area contributed by atoms with Gasteiger partial charge in [0, 0.05) is 64.1 Å². The van der Waals surface area contributed by atoms with E-state index in [4.69, 9.17) is 0 Å². The van der Waals surface area contributed by atoms with Crippen LogP contribution in [0.1, 0.15) is 43.7 Å². The van der Waals surface area contributed by atoms with E-state index in [-0.39, 0.29) is 0 Å². The number of hydrogen-bond acceptors (Lipinski definition) is 4. The summed E-state index contributed by atoms with van der Waals surface area (Å²) in [6.45, 7) is 8.91. The first-order valence-electron chi connectivity index (χ1n) is 8.56. The zero-order valence-electron chi connectivity index (χ0n) is 14.4. The summed E-state index contributed by atoms with van der Waals surface area (Å²) in [5.41, 5.74) is 1.30. The smallest absolute Gasteiger partial charge is 0.125 e. The molecule has 23 heavy (non-hydrogen) atoms. The Hall–Kier alpha value is -1.72. The Morgan fingerprint density at radius 2 is 1.87 bits per heavy atom. The van der Waals surface area contributed by atoms with Gasteiger partial charge in [0.1, 0.15) is 5.82 Å². The Kier molecular flexibility index (Phi) is 5.08. The normalized spacial score (nSPS) is 19.6. The highest BCUT2D eigenvalue weighted by Crippen LogP contribution is 2.26. The maximum Gasteiger partial charge on any atom is 0.125 e. The lowest BCUT2D eigenvalue weighted by molar-refractivity contribution is 0.0678. The zero-order valence-corrected chi connectivity index (χ0v) is 14.4. The van der Waals surface area contributed by atoms with Crippen LogP contribution in [0.3, 0.4) is 0 Å². The van der Waals surface area contributed by atoms with Gasteiger partial charge in [0.2, 0.25) is 0 Å². The Labute approximate surface area is 139 Å². The van der Waals surface area contributed by atoms with Gasteiger partial charge in [0.25, 0.3) is 0 Å². The third kappa shape index (κ3) is 3.46. The third-order valence-corrected chi connectivity index (χ3v) is 5.05. The van der Waals surface area contributed by atoms with E-state index in [1.807, 2.05) is 30.9 Å². The minimum absolute atomic E-state index is 0.422. The fraction of sp³-hybridized carbons (Fsp3) is 0.556. The van der Waals surface area contributed by atoms with Crippen molar-refractivity contribution in [3.63, 3.8) is 0 Å². The molecule has 1 saturated heterocycles. The fourth-order valence-corrected chi connectivity index (χ4v) is 3.57. The molecule has 3 rings (SSSR count). The van der Waals surface area contributed by atoms with E-state index in [9.17, 15) is 0 Å². The predicted octanol–water partition coefficient (Wildman–Crippen LogP) is 2.65. The molecular weight excluding hydrogens is 286 g/mol. The summed E-state index contributed by atoms with van der Waals surface area (Å²) >= 11 is 0. The molecule has 0 spiro atoms. The average molecular weight is 313 g/mol. The number of pyridine rings is 1. The van der Waals surface area contributed by atoms with Crippen LogP contribution in [-0.2, 0) is 7.05 Å². The standard InChI is InChI=1S/C18H27N5/c1-4-17(18-20-8-9-21(18)3)23-12-10-22(11-13-23)15(2)16-6-5-7-19-14-16/h5-9,14-15,17H,4,10-13H2,1-3H3/t15-,17-/m0/s1. The molecule has 1 aliphatic rings. The van der Waals surface area contributed by atoms with Crippen molar-refractivity contribution in [1.82, 2.24) is 24.3 Å². The van der Waals surface area contributed by atoms with Gasteiger partial charge < -0.3 is 4.57 Å². The molecule has 3 heterocycles. The van der Waals surface area contributed by atoms with Crippen molar-refractivity contribution in [3.05, 3.63) is 48.3 Å². The van der Waals surface area contributed by atoms with Gasteiger partial charge >= 0.3 is 0 Å². The molecule has 2 atom stereocenters. The highest BCUT2D eigenvalue weighted by atomic mass is 15.3. The SMILES string of the molecule is CC[C@@H](c1nccn1C)N1CCN([C@@H](C)c2cccnc2)CC1. The van der Waals surface area contributed by atoms with Crippen molar-refractivity contribution >= 4 is 0 Å². The molecule has 5 nitrogen and oxygen atoms in total. The quantitative estimate of drug-likeness (QED) is 0.850. The number of piperazine rings is 1. The third-order valence-electron chi connectivity index (χ3n) is 5.05. The van der Waals surface area contributed by atoms with Crippen molar-refractivity contribution in [2.24, 2.45) is 7.05 Å². The topological polar surface area (TPSA) is 37.2 Å². The van der Waals surface area contributed by atoms with E-state index < -0.39 is 0 Å². The molecule has 0 radical (unpaired) electrons. The van der Waals surface area contributed by atoms with Gasteiger partial charge in [-0.2, -0.15) is 0 Å². The van der Waals surface area contributed by atoms with Gasteiger partial charge in [-0.3, -0.25) is 14.8 Å². The average Bonchev–Trinajstić information content (AvgIpc) is 3.02. The summed E-state index contributed by atoms with van der Waals surface area (Å²) in [5, 5.41) is 0.